The first-order chi connectivity index (χ1) is 13.6. The van der Waals surface area contributed by atoms with Crippen LogP contribution in [0.5, 0.6) is 5.75 Å². The zero-order valence-electron chi connectivity index (χ0n) is 14.9. The summed E-state index contributed by atoms with van der Waals surface area (Å²) >= 11 is 6.77. The minimum Gasteiger partial charge on any atom is -0.490 e. The summed E-state index contributed by atoms with van der Waals surface area (Å²) in [5, 5.41) is 11.0. The van der Waals surface area contributed by atoms with Crippen LogP contribution in [0.3, 0.4) is 0 Å². The molecule has 0 saturated heterocycles. The highest BCUT2D eigenvalue weighted by Crippen LogP contribution is 2.29. The van der Waals surface area contributed by atoms with Crippen LogP contribution < -0.4 is 9.46 Å². The number of methoxy groups -OCH3 is 1. The van der Waals surface area contributed by atoms with E-state index in [2.05, 4.69) is 4.72 Å². The van der Waals surface area contributed by atoms with Crippen LogP contribution in [0.2, 0.25) is 4.34 Å². The molecule has 0 aliphatic heterocycles. The van der Waals surface area contributed by atoms with Crippen LogP contribution in [-0.4, -0.2) is 45.4 Å². The van der Waals surface area contributed by atoms with Crippen LogP contribution in [0.4, 0.5) is 5.69 Å². The molecule has 156 valence electrons. The molecule has 0 atom stereocenters. The van der Waals surface area contributed by atoms with Gasteiger partial charge < -0.3 is 9.47 Å². The number of halogens is 1. The van der Waals surface area contributed by atoms with E-state index in [4.69, 9.17) is 21.1 Å². The molecular weight excluding hydrogens is 448 g/mol. The van der Waals surface area contributed by atoms with Crippen LogP contribution in [0.1, 0.15) is 16.1 Å². The van der Waals surface area contributed by atoms with Gasteiger partial charge >= 0.3 is 11.7 Å². The van der Waals surface area contributed by atoms with Gasteiger partial charge in [0.15, 0.2) is 12.4 Å². The number of nitrogens with zero attached hydrogens (tertiary/aromatic N) is 1. The number of nitro groups is 1. The summed E-state index contributed by atoms with van der Waals surface area (Å²) < 4.78 is 36.7. The molecule has 0 fully saturated rings. The molecule has 2 aromatic rings. The highest BCUT2D eigenvalue weighted by atomic mass is 35.5. The second kappa shape index (κ2) is 9.78. The Morgan fingerprint density at radius 2 is 2.00 bits per heavy atom. The van der Waals surface area contributed by atoms with E-state index in [9.17, 15) is 28.1 Å². The van der Waals surface area contributed by atoms with Gasteiger partial charge in [0.2, 0.25) is 15.8 Å². The molecule has 0 radical (unpaired) electrons. The van der Waals surface area contributed by atoms with Crippen molar-refractivity contribution >= 4 is 50.4 Å². The molecule has 0 aliphatic rings. The van der Waals surface area contributed by atoms with Crippen LogP contribution in [-0.2, 0) is 19.6 Å². The van der Waals surface area contributed by atoms with E-state index in [0.717, 1.165) is 29.5 Å². The van der Waals surface area contributed by atoms with Crippen molar-refractivity contribution in [1.82, 2.24) is 4.72 Å². The summed E-state index contributed by atoms with van der Waals surface area (Å²) in [5.74, 6) is -1.31. The van der Waals surface area contributed by atoms with Crippen LogP contribution in [0.25, 0.3) is 0 Å². The minimum absolute atomic E-state index is 0.0887. The lowest BCUT2D eigenvalue weighted by Crippen LogP contribution is -2.27. The number of hydrogen-bond acceptors (Lipinski definition) is 9. The third-order valence-electron chi connectivity index (χ3n) is 3.49. The third kappa shape index (κ3) is 6.22. The normalized spacial score (nSPS) is 11.1. The minimum atomic E-state index is -4.11. The standard InChI is InChI=1S/C16H15ClN2O8S2/c1-26-13-3-2-10(8-11(13)19(22)23)29(24,25)18-7-6-16(21)27-9-12(20)14-4-5-15(17)28-14/h2-5,8,18H,6-7,9H2,1H3. The van der Waals surface area contributed by atoms with E-state index in [0.29, 0.717) is 9.21 Å². The van der Waals surface area contributed by atoms with Gasteiger partial charge in [0, 0.05) is 12.6 Å². The molecule has 1 aromatic heterocycles. The zero-order chi connectivity index (χ0) is 21.6. The first-order valence-corrected chi connectivity index (χ1v) is 10.6. The molecule has 0 spiro atoms. The van der Waals surface area contributed by atoms with Crippen molar-refractivity contribution in [3.05, 3.63) is 49.7 Å². The molecule has 0 unspecified atom stereocenters. The Balaban J connectivity index is 1.88. The number of rotatable bonds is 10. The molecule has 1 aromatic carbocycles. The largest absolute Gasteiger partial charge is 0.490 e. The smallest absolute Gasteiger partial charge is 0.312 e. The highest BCUT2D eigenvalue weighted by molar-refractivity contribution is 7.89. The number of nitro benzene ring substituents is 1. The fourth-order valence-electron chi connectivity index (χ4n) is 2.10. The Kier molecular flexibility index (Phi) is 7.67. The first kappa shape index (κ1) is 22.7. The van der Waals surface area contributed by atoms with Crippen molar-refractivity contribution in [3.63, 3.8) is 0 Å². The van der Waals surface area contributed by atoms with E-state index in [1.807, 2.05) is 0 Å². The zero-order valence-corrected chi connectivity index (χ0v) is 17.3. The Labute approximate surface area is 174 Å². The highest BCUT2D eigenvalue weighted by Gasteiger charge is 2.22. The third-order valence-corrected chi connectivity index (χ3v) is 6.22. The molecule has 0 amide bonds. The van der Waals surface area contributed by atoms with E-state index in [1.165, 1.54) is 13.2 Å². The Hall–Kier alpha value is -2.54. The Morgan fingerprint density at radius 3 is 2.59 bits per heavy atom. The lowest BCUT2D eigenvalue weighted by Gasteiger charge is -2.08. The van der Waals surface area contributed by atoms with Crippen molar-refractivity contribution in [2.75, 3.05) is 20.3 Å². The van der Waals surface area contributed by atoms with Crippen molar-refractivity contribution in [3.8, 4) is 5.75 Å². The lowest BCUT2D eigenvalue weighted by molar-refractivity contribution is -0.386. The number of Topliss-reactive ketones (excluding diaryl/α,β-unsaturated/α-hetero) is 1. The van der Waals surface area contributed by atoms with Crippen LogP contribution in [0, 0.1) is 10.1 Å². The molecular formula is C16H15ClN2O8S2. The van der Waals surface area contributed by atoms with Gasteiger partial charge in [0.25, 0.3) is 0 Å². The number of sulfonamides is 1. The number of ketones is 1. The summed E-state index contributed by atoms with van der Waals surface area (Å²) in [4.78, 5) is 33.7. The van der Waals surface area contributed by atoms with E-state index in [-0.39, 0.29) is 23.6 Å². The Bertz CT molecular complexity index is 1040. The SMILES string of the molecule is COc1ccc(S(=O)(=O)NCCC(=O)OCC(=O)c2ccc(Cl)s2)cc1[N+](=O)[O-]. The quantitative estimate of drug-likeness (QED) is 0.245. The van der Waals surface area contributed by atoms with Crippen molar-refractivity contribution in [1.29, 1.82) is 0 Å². The average molecular weight is 463 g/mol. The maximum Gasteiger partial charge on any atom is 0.312 e. The summed E-state index contributed by atoms with van der Waals surface area (Å²) in [5.41, 5.74) is -0.512. The molecule has 29 heavy (non-hydrogen) atoms. The maximum atomic E-state index is 12.2. The van der Waals surface area contributed by atoms with Gasteiger partial charge in [-0.2, -0.15) is 0 Å². The molecule has 2 rings (SSSR count). The van der Waals surface area contributed by atoms with E-state index < -0.39 is 39.0 Å². The number of benzene rings is 1. The topological polar surface area (TPSA) is 142 Å². The predicted molar refractivity (Wildman–Crippen MR) is 104 cm³/mol. The molecule has 0 saturated carbocycles. The van der Waals surface area contributed by atoms with E-state index >= 15 is 0 Å². The fraction of sp³-hybridized carbons (Fsp3) is 0.250. The lowest BCUT2D eigenvalue weighted by atomic mass is 10.3. The molecule has 1 heterocycles. The summed E-state index contributed by atoms with van der Waals surface area (Å²) in [7, 11) is -2.89. The number of ether oxygens (including phenoxy) is 2. The molecule has 10 nitrogen and oxygen atoms in total. The summed E-state index contributed by atoms with van der Waals surface area (Å²) in [6, 6.07) is 6.19. The van der Waals surface area contributed by atoms with Gasteiger partial charge in [0.1, 0.15) is 0 Å². The molecule has 0 aliphatic carbocycles. The van der Waals surface area contributed by atoms with Crippen LogP contribution in [0.15, 0.2) is 35.2 Å². The maximum absolute atomic E-state index is 12.2. The number of hydrogen-bond donors (Lipinski definition) is 1. The predicted octanol–water partition coefficient (Wildman–Crippen LogP) is 2.41. The monoisotopic (exact) mass is 462 g/mol. The molecule has 13 heteroatoms. The van der Waals surface area contributed by atoms with Gasteiger partial charge in [-0.15, -0.1) is 11.3 Å². The second-order valence-electron chi connectivity index (χ2n) is 5.43. The second-order valence-corrected chi connectivity index (χ2v) is 8.91. The van der Waals surface area contributed by atoms with E-state index in [1.54, 1.807) is 6.07 Å². The van der Waals surface area contributed by atoms with Gasteiger partial charge in [-0.05, 0) is 24.3 Å². The van der Waals surface area contributed by atoms with Crippen molar-refractivity contribution < 1.29 is 32.4 Å². The Morgan fingerprint density at radius 1 is 1.28 bits per heavy atom. The van der Waals surface area contributed by atoms with Gasteiger partial charge in [0.05, 0.1) is 32.6 Å². The van der Waals surface area contributed by atoms with Crippen molar-refractivity contribution in [2.45, 2.75) is 11.3 Å². The average Bonchev–Trinajstić information content (AvgIpc) is 3.11. The molecule has 0 bridgehead atoms. The number of carbonyl (C=O) groups excluding carboxylic acids is 2. The number of thiophene rings is 1. The fourth-order valence-corrected chi connectivity index (χ4v) is 4.12. The number of esters is 1. The van der Waals surface area contributed by atoms with Crippen LogP contribution >= 0.6 is 22.9 Å². The number of carbonyl (C=O) groups is 2. The summed E-state index contributed by atoms with van der Waals surface area (Å²) in [6.07, 6.45) is -0.337. The van der Waals surface area contributed by atoms with Crippen molar-refractivity contribution in [2.24, 2.45) is 0 Å². The van der Waals surface area contributed by atoms with Gasteiger partial charge in [-0.3, -0.25) is 19.7 Å². The number of nitrogens with one attached hydrogen (secondary N) is 1. The molecule has 1 N–H and O–H groups in total. The first-order valence-electron chi connectivity index (χ1n) is 7.90. The summed E-state index contributed by atoms with van der Waals surface area (Å²) in [6.45, 7) is -0.812. The van der Waals surface area contributed by atoms with Gasteiger partial charge in [-0.25, -0.2) is 13.1 Å². The van der Waals surface area contributed by atoms with Gasteiger partial charge in [-0.1, -0.05) is 11.6 Å².